The molecule has 0 unspecified atom stereocenters. The number of halogens is 1. The van der Waals surface area contributed by atoms with Crippen LogP contribution in [0.1, 0.15) is 16.7 Å². The fourth-order valence-electron chi connectivity index (χ4n) is 4.41. The van der Waals surface area contributed by atoms with Crippen LogP contribution < -0.4 is 4.31 Å². The van der Waals surface area contributed by atoms with Crippen molar-refractivity contribution < 1.29 is 13.2 Å². The van der Waals surface area contributed by atoms with Gasteiger partial charge >= 0.3 is 0 Å². The number of nitrogens with zero attached hydrogens (tertiary/aromatic N) is 1. The van der Waals surface area contributed by atoms with Crippen molar-refractivity contribution in [1.82, 2.24) is 0 Å². The van der Waals surface area contributed by atoms with Gasteiger partial charge in [-0.2, -0.15) is 0 Å². The first-order valence-electron chi connectivity index (χ1n) is 10.4. The first-order valence-corrected chi connectivity index (χ1v) is 12.7. The molecule has 2 aliphatic carbocycles. The van der Waals surface area contributed by atoms with Gasteiger partial charge in [0.05, 0.1) is 16.3 Å². The summed E-state index contributed by atoms with van der Waals surface area (Å²) in [4.78, 5) is 13.6. The summed E-state index contributed by atoms with van der Waals surface area (Å²) >= 11 is 3.38. The number of sulfonamides is 1. The topological polar surface area (TPSA) is 54.5 Å². The Bertz CT molecular complexity index is 1470. The molecule has 0 aliphatic heterocycles. The quantitative estimate of drug-likeness (QED) is 0.430. The number of fused-ring (bicyclic) bond motifs is 2. The summed E-state index contributed by atoms with van der Waals surface area (Å²) in [5.41, 5.74) is 2.23. The lowest BCUT2D eigenvalue weighted by Gasteiger charge is -2.36. The predicted octanol–water partition coefficient (Wildman–Crippen LogP) is 5.94. The second-order valence-electron chi connectivity index (χ2n) is 8.07. The number of carbonyl (C=O) groups is 1. The van der Waals surface area contributed by atoms with E-state index in [4.69, 9.17) is 0 Å². The minimum absolute atomic E-state index is 0.132. The molecule has 33 heavy (non-hydrogen) atoms. The van der Waals surface area contributed by atoms with Crippen LogP contribution in [-0.2, 0) is 20.2 Å². The van der Waals surface area contributed by atoms with E-state index in [2.05, 4.69) is 15.9 Å². The smallest absolute Gasteiger partial charge is 0.268 e. The third kappa shape index (κ3) is 3.41. The summed E-state index contributed by atoms with van der Waals surface area (Å²) in [6.07, 6.45) is 8.60. The molecule has 5 rings (SSSR count). The zero-order valence-electron chi connectivity index (χ0n) is 17.8. The van der Waals surface area contributed by atoms with Gasteiger partial charge in [-0.1, -0.05) is 82.2 Å². The Balaban J connectivity index is 1.81. The molecule has 0 saturated carbocycles. The summed E-state index contributed by atoms with van der Waals surface area (Å²) in [5, 5.41) is 0. The van der Waals surface area contributed by atoms with E-state index in [0.29, 0.717) is 15.9 Å². The van der Waals surface area contributed by atoms with Gasteiger partial charge in [-0.3, -0.25) is 4.79 Å². The maximum absolute atomic E-state index is 14.2. The van der Waals surface area contributed by atoms with Crippen LogP contribution in [-0.4, -0.2) is 14.2 Å². The molecule has 4 nitrogen and oxygen atoms in total. The highest BCUT2D eigenvalue weighted by Gasteiger charge is 2.50. The van der Waals surface area contributed by atoms with Crippen LogP contribution in [0.3, 0.4) is 0 Å². The van der Waals surface area contributed by atoms with E-state index in [-0.39, 0.29) is 10.7 Å². The molecule has 0 bridgehead atoms. The molecular formula is C27H20BrNO3S. The van der Waals surface area contributed by atoms with Crippen molar-refractivity contribution in [3.05, 3.63) is 124 Å². The van der Waals surface area contributed by atoms with E-state index < -0.39 is 15.4 Å². The first kappa shape index (κ1) is 21.6. The minimum Gasteiger partial charge on any atom is -0.293 e. The van der Waals surface area contributed by atoms with Crippen LogP contribution in [0.15, 0.2) is 112 Å². The number of anilines is 1. The van der Waals surface area contributed by atoms with Crippen LogP contribution in [0.4, 0.5) is 5.69 Å². The average Bonchev–Trinajstić information content (AvgIpc) is 3.11. The fraction of sp³-hybridized carbons (Fsp3) is 0.0741. The molecule has 0 fully saturated rings. The summed E-state index contributed by atoms with van der Waals surface area (Å²) < 4.78 is 30.3. The Morgan fingerprint density at radius 2 is 1.67 bits per heavy atom. The van der Waals surface area contributed by atoms with Gasteiger partial charge in [0.25, 0.3) is 10.0 Å². The largest absolute Gasteiger partial charge is 0.293 e. The highest BCUT2D eigenvalue weighted by atomic mass is 79.9. The molecular weight excluding hydrogens is 498 g/mol. The van der Waals surface area contributed by atoms with Gasteiger partial charge in [-0.15, -0.1) is 0 Å². The molecule has 3 aromatic rings. The Labute approximate surface area is 201 Å². The van der Waals surface area contributed by atoms with Crippen molar-refractivity contribution >= 4 is 43.5 Å². The number of hydrogen-bond acceptors (Lipinski definition) is 3. The maximum Gasteiger partial charge on any atom is 0.268 e. The molecule has 0 heterocycles. The molecule has 1 atom stereocenters. The maximum atomic E-state index is 14.2. The predicted molar refractivity (Wildman–Crippen MR) is 134 cm³/mol. The summed E-state index contributed by atoms with van der Waals surface area (Å²) in [6.45, 7) is 1.95. The van der Waals surface area contributed by atoms with Crippen LogP contribution in [0.25, 0.3) is 6.08 Å². The molecule has 3 aromatic carbocycles. The molecule has 0 saturated heterocycles. The van der Waals surface area contributed by atoms with E-state index in [1.54, 1.807) is 54.6 Å². The average molecular weight is 518 g/mol. The summed E-state index contributed by atoms with van der Waals surface area (Å²) in [5.74, 6) is -0.178. The van der Waals surface area contributed by atoms with Gasteiger partial charge in [-0.25, -0.2) is 12.7 Å². The van der Waals surface area contributed by atoms with Crippen molar-refractivity contribution in [2.75, 3.05) is 4.31 Å². The number of ketones is 1. The fourth-order valence-corrected chi connectivity index (χ4v) is 6.55. The third-order valence-electron chi connectivity index (χ3n) is 6.00. The van der Waals surface area contributed by atoms with E-state index in [9.17, 15) is 13.2 Å². The van der Waals surface area contributed by atoms with Gasteiger partial charge < -0.3 is 0 Å². The normalized spacial score (nSPS) is 19.0. The van der Waals surface area contributed by atoms with Crippen molar-refractivity contribution in [2.45, 2.75) is 17.2 Å². The van der Waals surface area contributed by atoms with Gasteiger partial charge in [0.15, 0.2) is 5.78 Å². The highest BCUT2D eigenvalue weighted by Crippen LogP contribution is 2.49. The van der Waals surface area contributed by atoms with Gasteiger partial charge in [0.1, 0.15) is 5.41 Å². The second kappa shape index (κ2) is 7.97. The molecule has 0 N–H and O–H groups in total. The number of hydrogen-bond donors (Lipinski definition) is 0. The first-order chi connectivity index (χ1) is 15.8. The Morgan fingerprint density at radius 3 is 2.39 bits per heavy atom. The van der Waals surface area contributed by atoms with Gasteiger partial charge in [-0.05, 0) is 60.5 Å². The molecule has 0 radical (unpaired) electrons. The Kier molecular flexibility index (Phi) is 5.22. The standard InChI is InChI=1S/C27H20BrNO3S/c1-19-12-14-22(15-13-19)29(33(31,32)23-9-6-8-21(28)18-23)25-17-20-7-2-3-10-24(20)27(25)16-5-4-11-26(27)30/h2-18H,1H3/t27-/m1/s1. The zero-order valence-corrected chi connectivity index (χ0v) is 20.2. The third-order valence-corrected chi connectivity index (χ3v) is 8.23. The lowest BCUT2D eigenvalue weighted by Crippen LogP contribution is -2.44. The van der Waals surface area contributed by atoms with Crippen molar-refractivity contribution in [3.8, 4) is 0 Å². The minimum atomic E-state index is -4.06. The number of benzene rings is 3. The summed E-state index contributed by atoms with van der Waals surface area (Å²) in [7, 11) is -4.06. The molecule has 2 aliphatic rings. The van der Waals surface area contributed by atoms with Crippen molar-refractivity contribution in [2.24, 2.45) is 0 Å². The molecule has 6 heteroatoms. The number of carbonyl (C=O) groups excluding carboxylic acids is 1. The van der Waals surface area contributed by atoms with E-state index in [1.165, 1.54) is 10.4 Å². The van der Waals surface area contributed by atoms with Gasteiger partial charge in [0.2, 0.25) is 0 Å². The van der Waals surface area contributed by atoms with Crippen LogP contribution in [0.5, 0.6) is 0 Å². The van der Waals surface area contributed by atoms with Crippen molar-refractivity contribution in [1.29, 1.82) is 0 Å². The molecule has 0 aromatic heterocycles. The van der Waals surface area contributed by atoms with Crippen molar-refractivity contribution in [3.63, 3.8) is 0 Å². The van der Waals surface area contributed by atoms with Crippen LogP contribution in [0.2, 0.25) is 0 Å². The highest BCUT2D eigenvalue weighted by molar-refractivity contribution is 9.10. The molecule has 1 spiro atoms. The zero-order chi connectivity index (χ0) is 23.2. The van der Waals surface area contributed by atoms with Crippen LogP contribution in [0, 0.1) is 6.92 Å². The number of allylic oxidation sites excluding steroid dienone is 4. The van der Waals surface area contributed by atoms with E-state index in [0.717, 1.165) is 16.7 Å². The lowest BCUT2D eigenvalue weighted by molar-refractivity contribution is -0.117. The molecule has 164 valence electrons. The Morgan fingerprint density at radius 1 is 0.909 bits per heavy atom. The van der Waals surface area contributed by atoms with E-state index in [1.807, 2.05) is 49.4 Å². The SMILES string of the molecule is Cc1ccc(N(C2=Cc3ccccc3[C@]23C=CC=CC3=O)S(=O)(=O)c2cccc(Br)c2)cc1. The number of rotatable bonds is 4. The Hall–Kier alpha value is -3.22. The van der Waals surface area contributed by atoms with Gasteiger partial charge in [0, 0.05) is 4.47 Å². The monoisotopic (exact) mass is 517 g/mol. The molecule has 0 amide bonds. The van der Waals surface area contributed by atoms with Crippen LogP contribution >= 0.6 is 15.9 Å². The van der Waals surface area contributed by atoms with E-state index >= 15 is 0 Å². The lowest BCUT2D eigenvalue weighted by atomic mass is 9.74. The second-order valence-corrected chi connectivity index (χ2v) is 10.8. The number of aryl methyl sites for hydroxylation is 1. The summed E-state index contributed by atoms with van der Waals surface area (Å²) in [6, 6.07) is 21.4.